The third-order valence-corrected chi connectivity index (χ3v) is 2.03. The number of aromatic hydroxyl groups is 1. The number of hydrogen-bond donors (Lipinski definition) is 3. The van der Waals surface area contributed by atoms with E-state index in [9.17, 15) is 9.90 Å². The van der Waals surface area contributed by atoms with Crippen molar-refractivity contribution >= 4 is 5.97 Å². The Balaban J connectivity index is 0.00000106. The van der Waals surface area contributed by atoms with E-state index < -0.39 is 12.0 Å². The van der Waals surface area contributed by atoms with E-state index in [1.54, 1.807) is 25.1 Å². The van der Waals surface area contributed by atoms with Crippen molar-refractivity contribution in [3.05, 3.63) is 29.3 Å². The lowest BCUT2D eigenvalue weighted by atomic mass is 10.0. The summed E-state index contributed by atoms with van der Waals surface area (Å²) in [7, 11) is 0. The zero-order valence-electron chi connectivity index (χ0n) is 9.90. The smallest absolute Gasteiger partial charge is 0.320 e. The van der Waals surface area contributed by atoms with E-state index in [2.05, 4.69) is 0 Å². The Labute approximate surface area is 95.7 Å². The van der Waals surface area contributed by atoms with Gasteiger partial charge in [-0.1, -0.05) is 26.0 Å². The Bertz CT molecular complexity index is 350. The van der Waals surface area contributed by atoms with Crippen LogP contribution < -0.4 is 5.73 Å². The first-order chi connectivity index (χ1) is 7.50. The summed E-state index contributed by atoms with van der Waals surface area (Å²) in [4.78, 5) is 10.5. The topological polar surface area (TPSA) is 83.6 Å². The number of phenolic OH excluding ortho intramolecular Hbond substituents is 1. The van der Waals surface area contributed by atoms with E-state index in [0.717, 1.165) is 11.1 Å². The molecule has 0 amide bonds. The van der Waals surface area contributed by atoms with Gasteiger partial charge in [0.15, 0.2) is 0 Å². The van der Waals surface area contributed by atoms with Gasteiger partial charge in [0.05, 0.1) is 0 Å². The predicted molar refractivity (Wildman–Crippen MR) is 63.5 cm³/mol. The summed E-state index contributed by atoms with van der Waals surface area (Å²) in [5.41, 5.74) is 6.91. The van der Waals surface area contributed by atoms with Crippen molar-refractivity contribution in [2.24, 2.45) is 5.73 Å². The third kappa shape index (κ3) is 4.31. The molecule has 0 aliphatic carbocycles. The molecule has 1 aromatic rings. The quantitative estimate of drug-likeness (QED) is 0.730. The number of rotatable bonds is 3. The molecule has 0 radical (unpaired) electrons. The van der Waals surface area contributed by atoms with Crippen molar-refractivity contribution < 1.29 is 15.0 Å². The molecular formula is C12H19NO3. The van der Waals surface area contributed by atoms with Crippen LogP contribution in [0.3, 0.4) is 0 Å². The number of phenols is 1. The molecule has 0 saturated carbocycles. The Kier molecular flexibility index (Phi) is 6.18. The van der Waals surface area contributed by atoms with Gasteiger partial charge in [-0.15, -0.1) is 0 Å². The van der Waals surface area contributed by atoms with Crippen LogP contribution in [-0.4, -0.2) is 22.2 Å². The normalized spacial score (nSPS) is 11.2. The van der Waals surface area contributed by atoms with Gasteiger partial charge in [-0.2, -0.15) is 0 Å². The van der Waals surface area contributed by atoms with Crippen molar-refractivity contribution in [1.29, 1.82) is 0 Å². The lowest BCUT2D eigenvalue weighted by Crippen LogP contribution is -2.32. The molecule has 0 aliphatic heterocycles. The van der Waals surface area contributed by atoms with Crippen molar-refractivity contribution in [2.45, 2.75) is 33.2 Å². The van der Waals surface area contributed by atoms with Gasteiger partial charge in [0.2, 0.25) is 0 Å². The zero-order valence-corrected chi connectivity index (χ0v) is 9.90. The van der Waals surface area contributed by atoms with E-state index in [0.29, 0.717) is 0 Å². The van der Waals surface area contributed by atoms with E-state index in [1.165, 1.54) is 0 Å². The number of benzene rings is 1. The minimum absolute atomic E-state index is 0.206. The van der Waals surface area contributed by atoms with Crippen LogP contribution in [0.15, 0.2) is 18.2 Å². The SMILES string of the molecule is CC.Cc1cc(CC(N)C(=O)O)ccc1O. The van der Waals surface area contributed by atoms with Gasteiger partial charge in [0, 0.05) is 0 Å². The maximum absolute atomic E-state index is 10.5. The summed E-state index contributed by atoms with van der Waals surface area (Å²) in [5.74, 6) is -0.812. The highest BCUT2D eigenvalue weighted by molar-refractivity contribution is 5.73. The first-order valence-electron chi connectivity index (χ1n) is 5.27. The summed E-state index contributed by atoms with van der Waals surface area (Å²) in [6, 6.07) is 4.06. The molecule has 0 bridgehead atoms. The molecule has 0 heterocycles. The fourth-order valence-electron chi connectivity index (χ4n) is 1.19. The predicted octanol–water partition coefficient (Wildman–Crippen LogP) is 1.68. The van der Waals surface area contributed by atoms with Gasteiger partial charge in [-0.3, -0.25) is 4.79 Å². The zero-order chi connectivity index (χ0) is 12.7. The first kappa shape index (κ1) is 14.5. The molecule has 0 fully saturated rings. The second-order valence-electron chi connectivity index (χ2n) is 3.27. The van der Waals surface area contributed by atoms with Crippen molar-refractivity contribution in [2.75, 3.05) is 0 Å². The largest absolute Gasteiger partial charge is 0.508 e. The van der Waals surface area contributed by atoms with Crippen molar-refractivity contribution in [1.82, 2.24) is 0 Å². The number of carbonyl (C=O) groups is 1. The van der Waals surface area contributed by atoms with Crippen molar-refractivity contribution in [3.8, 4) is 5.75 Å². The molecule has 4 N–H and O–H groups in total. The van der Waals surface area contributed by atoms with Crippen LogP contribution in [0.4, 0.5) is 0 Å². The molecule has 1 unspecified atom stereocenters. The molecular weight excluding hydrogens is 206 g/mol. The highest BCUT2D eigenvalue weighted by Crippen LogP contribution is 2.17. The van der Waals surface area contributed by atoms with E-state index >= 15 is 0 Å². The Morgan fingerprint density at radius 3 is 2.44 bits per heavy atom. The summed E-state index contributed by atoms with van der Waals surface area (Å²) in [5, 5.41) is 17.8. The maximum atomic E-state index is 10.5. The van der Waals surface area contributed by atoms with Crippen LogP contribution in [0, 0.1) is 6.92 Å². The molecule has 4 heteroatoms. The molecule has 0 aliphatic rings. The monoisotopic (exact) mass is 225 g/mol. The van der Waals surface area contributed by atoms with Gasteiger partial charge >= 0.3 is 5.97 Å². The maximum Gasteiger partial charge on any atom is 0.320 e. The second-order valence-corrected chi connectivity index (χ2v) is 3.27. The van der Waals surface area contributed by atoms with Gasteiger partial charge in [-0.25, -0.2) is 0 Å². The Morgan fingerprint density at radius 2 is 2.00 bits per heavy atom. The molecule has 4 nitrogen and oxygen atoms in total. The minimum atomic E-state index is -1.02. The molecule has 1 rings (SSSR count). The van der Waals surface area contributed by atoms with Gasteiger partial charge < -0.3 is 15.9 Å². The number of nitrogens with two attached hydrogens (primary N) is 1. The summed E-state index contributed by atoms with van der Waals surface area (Å²) >= 11 is 0. The first-order valence-corrected chi connectivity index (χ1v) is 5.27. The summed E-state index contributed by atoms with van der Waals surface area (Å²) in [6.45, 7) is 5.76. The third-order valence-electron chi connectivity index (χ3n) is 2.03. The van der Waals surface area contributed by atoms with Gasteiger partial charge in [0.1, 0.15) is 11.8 Å². The molecule has 90 valence electrons. The van der Waals surface area contributed by atoms with Crippen LogP contribution in [0.25, 0.3) is 0 Å². The number of hydrogen-bond acceptors (Lipinski definition) is 3. The molecule has 1 aromatic carbocycles. The molecule has 1 atom stereocenters. The van der Waals surface area contributed by atoms with Crippen LogP contribution >= 0.6 is 0 Å². The van der Waals surface area contributed by atoms with Crippen molar-refractivity contribution in [3.63, 3.8) is 0 Å². The van der Waals surface area contributed by atoms with Crippen LogP contribution in [0.1, 0.15) is 25.0 Å². The van der Waals surface area contributed by atoms with Crippen LogP contribution in [0.2, 0.25) is 0 Å². The Morgan fingerprint density at radius 1 is 1.44 bits per heavy atom. The molecule has 0 spiro atoms. The highest BCUT2D eigenvalue weighted by atomic mass is 16.4. The van der Waals surface area contributed by atoms with Gasteiger partial charge in [0.25, 0.3) is 0 Å². The minimum Gasteiger partial charge on any atom is -0.508 e. The van der Waals surface area contributed by atoms with E-state index in [1.807, 2.05) is 13.8 Å². The number of aryl methyl sites for hydroxylation is 1. The van der Waals surface area contributed by atoms with E-state index in [-0.39, 0.29) is 12.2 Å². The lowest BCUT2D eigenvalue weighted by Gasteiger charge is -2.07. The number of carboxylic acids is 1. The summed E-state index contributed by atoms with van der Waals surface area (Å²) < 4.78 is 0. The highest BCUT2D eigenvalue weighted by Gasteiger charge is 2.12. The summed E-state index contributed by atoms with van der Waals surface area (Å²) in [6.07, 6.45) is 0.274. The van der Waals surface area contributed by atoms with E-state index in [4.69, 9.17) is 10.8 Å². The number of carboxylic acid groups (broad SMARTS) is 1. The fraction of sp³-hybridized carbons (Fsp3) is 0.417. The van der Waals surface area contributed by atoms with Crippen LogP contribution in [0.5, 0.6) is 5.75 Å². The second kappa shape index (κ2) is 6.85. The van der Waals surface area contributed by atoms with Crippen LogP contribution in [-0.2, 0) is 11.2 Å². The number of aliphatic carboxylic acids is 1. The average molecular weight is 225 g/mol. The molecule has 0 saturated heterocycles. The Hall–Kier alpha value is -1.55. The standard InChI is InChI=1S/C10H13NO3.C2H6/c1-6-4-7(2-3-9(6)12)5-8(11)10(13)14;1-2/h2-4,8,12H,5,11H2,1H3,(H,13,14);1-2H3. The lowest BCUT2D eigenvalue weighted by molar-refractivity contribution is -0.138. The molecule has 0 aromatic heterocycles. The molecule has 16 heavy (non-hydrogen) atoms. The van der Waals surface area contributed by atoms with Gasteiger partial charge in [-0.05, 0) is 30.5 Å². The fourth-order valence-corrected chi connectivity index (χ4v) is 1.19. The average Bonchev–Trinajstić information content (AvgIpc) is 2.26.